The van der Waals surface area contributed by atoms with Crippen LogP contribution in [0.15, 0.2) is 18.2 Å². The van der Waals surface area contributed by atoms with Gasteiger partial charge in [0.1, 0.15) is 5.75 Å². The molecule has 1 aromatic carbocycles. The normalized spacial score (nSPS) is 10.6. The lowest BCUT2D eigenvalue weighted by Gasteiger charge is -2.11. The van der Waals surface area contributed by atoms with Crippen molar-refractivity contribution in [2.75, 3.05) is 6.61 Å². The number of aryl methyl sites for hydroxylation is 1. The molecule has 0 aliphatic heterocycles. The molecule has 1 radical (unpaired) electrons. The van der Waals surface area contributed by atoms with Crippen LogP contribution in [0.4, 0.5) is 0 Å². The molecule has 1 heteroatoms. The summed E-state index contributed by atoms with van der Waals surface area (Å²) in [5.74, 6) is 1.29. The van der Waals surface area contributed by atoms with Crippen molar-refractivity contribution in [3.8, 4) is 5.75 Å². The molecule has 0 saturated carbocycles. The van der Waals surface area contributed by atoms with Crippen molar-refractivity contribution in [2.24, 2.45) is 0 Å². The Hall–Kier alpha value is -0.980. The van der Waals surface area contributed by atoms with E-state index in [1.54, 1.807) is 0 Å². The molecule has 1 unspecified atom stereocenters. The van der Waals surface area contributed by atoms with Crippen LogP contribution in [0.2, 0.25) is 0 Å². The molecule has 1 nitrogen and oxygen atoms in total. The third-order valence-corrected chi connectivity index (χ3v) is 2.28. The maximum atomic E-state index is 5.51. The predicted molar refractivity (Wildman–Crippen MR) is 60.8 cm³/mol. The molecule has 0 heterocycles. The predicted octanol–water partition coefficient (Wildman–Crippen LogP) is 3.59. The zero-order valence-corrected chi connectivity index (χ0v) is 9.34. The quantitative estimate of drug-likeness (QED) is 0.706. The summed E-state index contributed by atoms with van der Waals surface area (Å²) < 4.78 is 5.51. The largest absolute Gasteiger partial charge is 0.494 e. The van der Waals surface area contributed by atoms with Crippen molar-refractivity contribution >= 4 is 0 Å². The van der Waals surface area contributed by atoms with Crippen molar-refractivity contribution in [3.05, 3.63) is 36.2 Å². The summed E-state index contributed by atoms with van der Waals surface area (Å²) in [6, 6.07) is 6.40. The maximum absolute atomic E-state index is 5.51. The fourth-order valence-corrected chi connectivity index (χ4v) is 1.42. The molecule has 1 rings (SSSR count). The van der Waals surface area contributed by atoms with Gasteiger partial charge in [0.15, 0.2) is 0 Å². The second-order valence-electron chi connectivity index (χ2n) is 3.60. The monoisotopic (exact) mass is 191 g/mol. The minimum atomic E-state index is 0.320. The Kier molecular flexibility index (Phi) is 3.99. The molecule has 0 N–H and O–H groups in total. The summed E-state index contributed by atoms with van der Waals surface area (Å²) in [6.45, 7) is 11.0. The van der Waals surface area contributed by atoms with Crippen LogP contribution in [-0.4, -0.2) is 6.61 Å². The van der Waals surface area contributed by atoms with E-state index in [1.807, 2.05) is 6.92 Å². The van der Waals surface area contributed by atoms with Crippen LogP contribution in [0, 0.1) is 6.92 Å². The molecule has 0 fully saturated rings. The first-order valence-electron chi connectivity index (χ1n) is 5.27. The highest BCUT2D eigenvalue weighted by Crippen LogP contribution is 2.23. The van der Waals surface area contributed by atoms with Crippen LogP contribution in [0.1, 0.15) is 37.8 Å². The fraction of sp³-hybridized carbons (Fsp3) is 0.462. The maximum Gasteiger partial charge on any atom is 0.119 e. The Balaban J connectivity index is 3.00. The van der Waals surface area contributed by atoms with Crippen LogP contribution in [0.25, 0.3) is 0 Å². The summed E-state index contributed by atoms with van der Waals surface area (Å²) >= 11 is 0. The molecule has 0 aromatic heterocycles. The zero-order valence-electron chi connectivity index (χ0n) is 9.34. The van der Waals surface area contributed by atoms with E-state index in [-0.39, 0.29) is 0 Å². The summed E-state index contributed by atoms with van der Waals surface area (Å²) in [6.07, 6.45) is 1.04. The van der Waals surface area contributed by atoms with E-state index in [2.05, 4.69) is 39.0 Å². The Labute approximate surface area is 87.1 Å². The first-order valence-corrected chi connectivity index (χ1v) is 5.27. The van der Waals surface area contributed by atoms with Crippen molar-refractivity contribution in [3.63, 3.8) is 0 Å². The summed E-state index contributed by atoms with van der Waals surface area (Å²) in [7, 11) is 0. The van der Waals surface area contributed by atoms with E-state index < -0.39 is 0 Å². The molecule has 0 aliphatic rings. The number of hydrogen-bond donors (Lipinski definition) is 0. The highest BCUT2D eigenvalue weighted by molar-refractivity contribution is 5.36. The topological polar surface area (TPSA) is 9.23 Å². The van der Waals surface area contributed by atoms with Gasteiger partial charge in [-0.1, -0.05) is 19.9 Å². The third-order valence-electron chi connectivity index (χ3n) is 2.28. The van der Waals surface area contributed by atoms with Gasteiger partial charge in [-0.05, 0) is 49.4 Å². The molecule has 14 heavy (non-hydrogen) atoms. The lowest BCUT2D eigenvalue weighted by atomic mass is 9.99. The second kappa shape index (κ2) is 5.04. The van der Waals surface area contributed by atoms with Crippen molar-refractivity contribution in [1.29, 1.82) is 0 Å². The first kappa shape index (κ1) is 11.1. The second-order valence-corrected chi connectivity index (χ2v) is 3.60. The molecule has 0 saturated heterocycles. The molecule has 77 valence electrons. The Bertz CT molecular complexity index is 289. The van der Waals surface area contributed by atoms with Gasteiger partial charge in [-0.2, -0.15) is 0 Å². The van der Waals surface area contributed by atoms with E-state index in [0.717, 1.165) is 18.8 Å². The summed E-state index contributed by atoms with van der Waals surface area (Å²) in [5, 5.41) is 0. The van der Waals surface area contributed by atoms with Crippen LogP contribution >= 0.6 is 0 Å². The van der Waals surface area contributed by atoms with Gasteiger partial charge >= 0.3 is 0 Å². The van der Waals surface area contributed by atoms with Gasteiger partial charge in [0.25, 0.3) is 0 Å². The van der Waals surface area contributed by atoms with Crippen LogP contribution < -0.4 is 4.74 Å². The number of rotatable bonds is 4. The van der Waals surface area contributed by atoms with Gasteiger partial charge < -0.3 is 4.74 Å². The van der Waals surface area contributed by atoms with Gasteiger partial charge in [0.2, 0.25) is 0 Å². The average Bonchev–Trinajstić information content (AvgIpc) is 2.17. The SMILES string of the molecule is [CH2]C(C)c1cc(CC)cc(OCC)c1. The minimum Gasteiger partial charge on any atom is -0.494 e. The number of ether oxygens (including phenoxy) is 1. The molecular formula is C13H19O. The van der Waals surface area contributed by atoms with E-state index in [4.69, 9.17) is 4.74 Å². The number of benzene rings is 1. The van der Waals surface area contributed by atoms with Gasteiger partial charge in [-0.25, -0.2) is 0 Å². The molecule has 0 bridgehead atoms. The third kappa shape index (κ3) is 2.76. The zero-order chi connectivity index (χ0) is 10.6. The molecular weight excluding hydrogens is 172 g/mol. The number of hydrogen-bond acceptors (Lipinski definition) is 1. The fourth-order valence-electron chi connectivity index (χ4n) is 1.42. The van der Waals surface area contributed by atoms with E-state index >= 15 is 0 Å². The smallest absolute Gasteiger partial charge is 0.119 e. The van der Waals surface area contributed by atoms with Crippen molar-refractivity contribution in [2.45, 2.75) is 33.1 Å². The average molecular weight is 191 g/mol. The van der Waals surface area contributed by atoms with Gasteiger partial charge in [-0.15, -0.1) is 0 Å². The molecule has 1 aromatic rings. The van der Waals surface area contributed by atoms with Crippen LogP contribution in [0.3, 0.4) is 0 Å². The van der Waals surface area contributed by atoms with E-state index in [0.29, 0.717) is 5.92 Å². The summed E-state index contributed by atoms with van der Waals surface area (Å²) in [4.78, 5) is 0. The van der Waals surface area contributed by atoms with Gasteiger partial charge in [0, 0.05) is 0 Å². The van der Waals surface area contributed by atoms with Gasteiger partial charge in [0.05, 0.1) is 6.61 Å². The standard InChI is InChI=1S/C13H19O/c1-5-11-7-12(10(3)4)9-13(8-11)14-6-2/h7-10H,3,5-6H2,1-2,4H3. The Morgan fingerprint density at radius 2 is 2.00 bits per heavy atom. The molecule has 0 amide bonds. The molecule has 0 spiro atoms. The highest BCUT2D eigenvalue weighted by Gasteiger charge is 2.03. The van der Waals surface area contributed by atoms with Gasteiger partial charge in [-0.3, -0.25) is 0 Å². The highest BCUT2D eigenvalue weighted by atomic mass is 16.5. The van der Waals surface area contributed by atoms with Crippen molar-refractivity contribution < 1.29 is 4.74 Å². The Morgan fingerprint density at radius 1 is 1.29 bits per heavy atom. The summed E-state index contributed by atoms with van der Waals surface area (Å²) in [5.41, 5.74) is 2.58. The van der Waals surface area contributed by atoms with E-state index in [9.17, 15) is 0 Å². The Morgan fingerprint density at radius 3 is 2.50 bits per heavy atom. The lowest BCUT2D eigenvalue weighted by Crippen LogP contribution is -1.96. The van der Waals surface area contributed by atoms with Crippen molar-refractivity contribution in [1.82, 2.24) is 0 Å². The molecule has 0 aliphatic carbocycles. The lowest BCUT2D eigenvalue weighted by molar-refractivity contribution is 0.339. The van der Waals surface area contributed by atoms with E-state index in [1.165, 1.54) is 11.1 Å². The minimum absolute atomic E-state index is 0.320. The molecule has 1 atom stereocenters. The van der Waals surface area contributed by atoms with Crippen LogP contribution in [-0.2, 0) is 6.42 Å². The van der Waals surface area contributed by atoms with Crippen LogP contribution in [0.5, 0.6) is 5.75 Å². The first-order chi connectivity index (χ1) is 6.67.